The molecule has 1 heterocycles. The van der Waals surface area contributed by atoms with E-state index in [4.69, 9.17) is 16.3 Å². The van der Waals surface area contributed by atoms with Crippen molar-refractivity contribution in [2.45, 2.75) is 30.7 Å². The highest BCUT2D eigenvalue weighted by molar-refractivity contribution is 9.10. The van der Waals surface area contributed by atoms with Crippen LogP contribution in [-0.4, -0.2) is 28.2 Å². The molecule has 0 atom stereocenters. The summed E-state index contributed by atoms with van der Waals surface area (Å²) in [5, 5.41) is 14.8. The van der Waals surface area contributed by atoms with E-state index in [1.54, 1.807) is 25.1 Å². The molecular formula is C20H20BrClN4OS. The Morgan fingerprint density at radius 3 is 2.68 bits per heavy atom. The van der Waals surface area contributed by atoms with Crippen LogP contribution >= 0.6 is 39.3 Å². The minimum absolute atomic E-state index is 0.734. The van der Waals surface area contributed by atoms with E-state index in [0.717, 1.165) is 50.4 Å². The number of methoxy groups -OCH3 is 1. The molecule has 28 heavy (non-hydrogen) atoms. The molecule has 0 radical (unpaired) electrons. The van der Waals surface area contributed by atoms with Crippen LogP contribution in [0.15, 0.2) is 57.2 Å². The number of rotatable bonds is 8. The third kappa shape index (κ3) is 5.37. The van der Waals surface area contributed by atoms with Gasteiger partial charge in [-0.05, 0) is 63.8 Å². The van der Waals surface area contributed by atoms with Crippen molar-refractivity contribution in [1.82, 2.24) is 14.9 Å². The van der Waals surface area contributed by atoms with Crippen molar-refractivity contribution in [2.24, 2.45) is 5.10 Å². The number of ether oxygens (including phenoxy) is 1. The summed E-state index contributed by atoms with van der Waals surface area (Å²) in [6.45, 7) is 2.11. The molecule has 0 spiro atoms. The molecular weight excluding hydrogens is 460 g/mol. The summed E-state index contributed by atoms with van der Waals surface area (Å²) in [5.41, 5.74) is 2.13. The Bertz CT molecular complexity index is 959. The molecule has 146 valence electrons. The standard InChI is InChI=1S/C20H20BrClN4OS/c1-3-4-19-24-25-20(28-13-14-5-8-16(22)9-6-14)26(19)23-12-15-7-10-18(27-2)17(21)11-15/h5-12H,3-4,13H2,1-2H3/b23-12-. The minimum atomic E-state index is 0.734. The summed E-state index contributed by atoms with van der Waals surface area (Å²) in [6, 6.07) is 13.6. The molecule has 0 unspecified atom stereocenters. The molecule has 0 saturated heterocycles. The zero-order valence-electron chi connectivity index (χ0n) is 15.6. The van der Waals surface area contributed by atoms with Crippen molar-refractivity contribution >= 4 is 45.5 Å². The van der Waals surface area contributed by atoms with Crippen molar-refractivity contribution in [2.75, 3.05) is 7.11 Å². The lowest BCUT2D eigenvalue weighted by molar-refractivity contribution is 0.412. The van der Waals surface area contributed by atoms with Gasteiger partial charge in [0.05, 0.1) is 17.8 Å². The van der Waals surface area contributed by atoms with Gasteiger partial charge < -0.3 is 4.74 Å². The molecule has 2 aromatic carbocycles. The van der Waals surface area contributed by atoms with Crippen LogP contribution in [-0.2, 0) is 12.2 Å². The molecule has 0 amide bonds. The van der Waals surface area contributed by atoms with E-state index in [1.165, 1.54) is 5.56 Å². The average molecular weight is 480 g/mol. The number of aromatic nitrogens is 3. The lowest BCUT2D eigenvalue weighted by Crippen LogP contribution is -2.00. The molecule has 3 rings (SSSR count). The first kappa shape index (κ1) is 20.9. The van der Waals surface area contributed by atoms with Gasteiger partial charge in [-0.3, -0.25) is 0 Å². The van der Waals surface area contributed by atoms with Crippen molar-refractivity contribution < 1.29 is 4.74 Å². The van der Waals surface area contributed by atoms with Crippen LogP contribution in [0.3, 0.4) is 0 Å². The van der Waals surface area contributed by atoms with Gasteiger partial charge in [-0.1, -0.05) is 42.4 Å². The number of benzene rings is 2. The maximum Gasteiger partial charge on any atom is 0.212 e. The third-order valence-corrected chi connectivity index (χ3v) is 5.79. The van der Waals surface area contributed by atoms with Gasteiger partial charge in [0.2, 0.25) is 5.16 Å². The fraction of sp³-hybridized carbons (Fsp3) is 0.250. The zero-order valence-corrected chi connectivity index (χ0v) is 18.8. The van der Waals surface area contributed by atoms with Crippen LogP contribution in [0.5, 0.6) is 5.75 Å². The zero-order chi connectivity index (χ0) is 19.9. The summed E-state index contributed by atoms with van der Waals surface area (Å²) in [7, 11) is 1.65. The molecule has 0 aliphatic rings. The number of thioether (sulfide) groups is 1. The Morgan fingerprint density at radius 1 is 1.21 bits per heavy atom. The number of aryl methyl sites for hydroxylation is 1. The Labute approximate surface area is 182 Å². The van der Waals surface area contributed by atoms with Crippen LogP contribution in [0.1, 0.15) is 30.3 Å². The van der Waals surface area contributed by atoms with E-state index in [2.05, 4.69) is 38.2 Å². The molecule has 0 N–H and O–H groups in total. The van der Waals surface area contributed by atoms with E-state index >= 15 is 0 Å². The normalized spacial score (nSPS) is 11.3. The molecule has 0 aliphatic carbocycles. The Balaban J connectivity index is 1.80. The van der Waals surface area contributed by atoms with E-state index in [1.807, 2.05) is 47.1 Å². The molecule has 0 fully saturated rings. The monoisotopic (exact) mass is 478 g/mol. The summed E-state index contributed by atoms with van der Waals surface area (Å²) in [5.74, 6) is 2.41. The quantitative estimate of drug-likeness (QED) is 0.301. The fourth-order valence-corrected chi connectivity index (χ4v) is 4.04. The summed E-state index contributed by atoms with van der Waals surface area (Å²) in [6.07, 6.45) is 3.60. The number of hydrogen-bond donors (Lipinski definition) is 0. The second-order valence-electron chi connectivity index (χ2n) is 6.01. The van der Waals surface area contributed by atoms with Crippen LogP contribution in [0, 0.1) is 0 Å². The molecule has 0 bridgehead atoms. The highest BCUT2D eigenvalue weighted by Crippen LogP contribution is 2.26. The Morgan fingerprint density at radius 2 is 2.00 bits per heavy atom. The lowest BCUT2D eigenvalue weighted by atomic mass is 10.2. The number of nitrogens with zero attached hydrogens (tertiary/aromatic N) is 4. The summed E-state index contributed by atoms with van der Waals surface area (Å²) in [4.78, 5) is 0. The molecule has 5 nitrogen and oxygen atoms in total. The number of halogens is 2. The number of hydrogen-bond acceptors (Lipinski definition) is 5. The maximum absolute atomic E-state index is 5.96. The minimum Gasteiger partial charge on any atom is -0.496 e. The highest BCUT2D eigenvalue weighted by atomic mass is 79.9. The predicted molar refractivity (Wildman–Crippen MR) is 119 cm³/mol. The SMILES string of the molecule is CCCc1nnc(SCc2ccc(Cl)cc2)n1/N=C\c1ccc(OC)c(Br)c1. The third-order valence-electron chi connectivity index (χ3n) is 3.93. The predicted octanol–water partition coefficient (Wildman–Crippen LogP) is 5.83. The second kappa shape index (κ2) is 10.1. The Kier molecular flexibility index (Phi) is 7.53. The van der Waals surface area contributed by atoms with Crippen LogP contribution in [0.4, 0.5) is 0 Å². The van der Waals surface area contributed by atoms with Crippen molar-refractivity contribution in [1.29, 1.82) is 0 Å². The van der Waals surface area contributed by atoms with E-state index in [-0.39, 0.29) is 0 Å². The van der Waals surface area contributed by atoms with Gasteiger partial charge in [0, 0.05) is 17.2 Å². The van der Waals surface area contributed by atoms with E-state index < -0.39 is 0 Å². The van der Waals surface area contributed by atoms with E-state index in [0.29, 0.717) is 0 Å². The van der Waals surface area contributed by atoms with Gasteiger partial charge in [0.1, 0.15) is 5.75 Å². The van der Waals surface area contributed by atoms with Gasteiger partial charge in [-0.2, -0.15) is 9.78 Å². The van der Waals surface area contributed by atoms with Gasteiger partial charge in [0.25, 0.3) is 0 Å². The molecule has 0 saturated carbocycles. The van der Waals surface area contributed by atoms with Crippen molar-refractivity contribution in [3.63, 3.8) is 0 Å². The molecule has 0 aliphatic heterocycles. The van der Waals surface area contributed by atoms with Gasteiger partial charge in [-0.25, -0.2) is 0 Å². The van der Waals surface area contributed by atoms with Crippen LogP contribution in [0.2, 0.25) is 5.02 Å². The molecule has 8 heteroatoms. The van der Waals surface area contributed by atoms with Crippen LogP contribution in [0.25, 0.3) is 0 Å². The fourth-order valence-electron chi connectivity index (χ4n) is 2.50. The van der Waals surface area contributed by atoms with Gasteiger partial charge in [-0.15, -0.1) is 10.2 Å². The maximum atomic E-state index is 5.96. The Hall–Kier alpha value is -1.83. The largest absolute Gasteiger partial charge is 0.496 e. The lowest BCUT2D eigenvalue weighted by Gasteiger charge is -2.05. The molecule has 1 aromatic heterocycles. The summed E-state index contributed by atoms with van der Waals surface area (Å²) >= 11 is 11.1. The average Bonchev–Trinajstić information content (AvgIpc) is 3.08. The van der Waals surface area contributed by atoms with E-state index in [9.17, 15) is 0 Å². The highest BCUT2D eigenvalue weighted by Gasteiger charge is 2.12. The first-order valence-corrected chi connectivity index (χ1v) is 11.0. The van der Waals surface area contributed by atoms with Gasteiger partial charge in [0.15, 0.2) is 5.82 Å². The van der Waals surface area contributed by atoms with Crippen molar-refractivity contribution in [3.8, 4) is 5.75 Å². The molecule has 3 aromatic rings. The topological polar surface area (TPSA) is 52.3 Å². The van der Waals surface area contributed by atoms with Gasteiger partial charge >= 0.3 is 0 Å². The first-order chi connectivity index (χ1) is 13.6. The first-order valence-electron chi connectivity index (χ1n) is 8.80. The van der Waals surface area contributed by atoms with Crippen LogP contribution < -0.4 is 4.74 Å². The summed E-state index contributed by atoms with van der Waals surface area (Å²) < 4.78 is 7.98. The second-order valence-corrected chi connectivity index (χ2v) is 8.25. The smallest absolute Gasteiger partial charge is 0.212 e. The van der Waals surface area contributed by atoms with Crippen molar-refractivity contribution in [3.05, 3.63) is 68.9 Å².